The van der Waals surface area contributed by atoms with Crippen molar-refractivity contribution in [1.29, 1.82) is 5.26 Å². The predicted octanol–water partition coefficient (Wildman–Crippen LogP) is 3.18. The van der Waals surface area contributed by atoms with E-state index in [4.69, 9.17) is 5.26 Å². The molecule has 1 amide bonds. The summed E-state index contributed by atoms with van der Waals surface area (Å²) in [6, 6.07) is 8.52. The first-order valence-corrected chi connectivity index (χ1v) is 8.19. The lowest BCUT2D eigenvalue weighted by Crippen LogP contribution is -2.39. The van der Waals surface area contributed by atoms with Gasteiger partial charge < -0.3 is 10.6 Å². The zero-order valence-corrected chi connectivity index (χ0v) is 13.3. The number of amides is 1. The SMILES string of the molecule is N#Cc1ccc(NC(=O)CC2CC3CCC(C2)N3)c(Br)c1. The van der Waals surface area contributed by atoms with Gasteiger partial charge in [0.1, 0.15) is 0 Å². The Morgan fingerprint density at radius 2 is 2.10 bits per heavy atom. The molecule has 0 aliphatic carbocycles. The van der Waals surface area contributed by atoms with Gasteiger partial charge in [-0.1, -0.05) is 0 Å². The van der Waals surface area contributed by atoms with Crippen LogP contribution in [0.2, 0.25) is 0 Å². The van der Waals surface area contributed by atoms with Crippen LogP contribution in [0.5, 0.6) is 0 Å². The summed E-state index contributed by atoms with van der Waals surface area (Å²) in [6.07, 6.45) is 5.31. The van der Waals surface area contributed by atoms with Crippen molar-refractivity contribution in [2.45, 2.75) is 44.2 Å². The van der Waals surface area contributed by atoms with Crippen LogP contribution in [0.1, 0.15) is 37.7 Å². The number of nitrogens with one attached hydrogen (secondary N) is 2. The highest BCUT2D eigenvalue weighted by atomic mass is 79.9. The van der Waals surface area contributed by atoms with E-state index in [1.165, 1.54) is 12.8 Å². The summed E-state index contributed by atoms with van der Waals surface area (Å²) in [5.74, 6) is 0.549. The van der Waals surface area contributed by atoms with Crippen LogP contribution < -0.4 is 10.6 Å². The van der Waals surface area contributed by atoms with Gasteiger partial charge in [-0.25, -0.2) is 0 Å². The third-order valence-electron chi connectivity index (χ3n) is 4.42. The molecule has 2 aliphatic rings. The van der Waals surface area contributed by atoms with Gasteiger partial charge in [-0.2, -0.15) is 5.26 Å². The Bertz CT molecular complexity index is 584. The van der Waals surface area contributed by atoms with Crippen LogP contribution in [0.25, 0.3) is 0 Å². The molecule has 2 atom stereocenters. The summed E-state index contributed by atoms with van der Waals surface area (Å²) in [5.41, 5.74) is 1.31. The number of benzene rings is 1. The van der Waals surface area contributed by atoms with Crippen LogP contribution in [-0.4, -0.2) is 18.0 Å². The molecule has 2 N–H and O–H groups in total. The van der Waals surface area contributed by atoms with E-state index in [1.54, 1.807) is 18.2 Å². The largest absolute Gasteiger partial charge is 0.325 e. The quantitative estimate of drug-likeness (QED) is 0.882. The van der Waals surface area contributed by atoms with Gasteiger partial charge >= 0.3 is 0 Å². The molecule has 0 aromatic heterocycles. The van der Waals surface area contributed by atoms with Crippen LogP contribution in [0.4, 0.5) is 5.69 Å². The second-order valence-corrected chi connectivity index (χ2v) is 6.89. The Balaban J connectivity index is 1.58. The lowest BCUT2D eigenvalue weighted by atomic mass is 9.89. The number of carbonyl (C=O) groups excluding carboxylic acids is 1. The van der Waals surface area contributed by atoms with Gasteiger partial charge in [-0.3, -0.25) is 4.79 Å². The minimum atomic E-state index is 0.0618. The van der Waals surface area contributed by atoms with Gasteiger partial charge in [0, 0.05) is 23.0 Å². The van der Waals surface area contributed by atoms with Gasteiger partial charge in [-0.15, -0.1) is 0 Å². The summed E-state index contributed by atoms with van der Waals surface area (Å²) in [4.78, 5) is 12.2. The second-order valence-electron chi connectivity index (χ2n) is 6.03. The van der Waals surface area contributed by atoms with E-state index in [9.17, 15) is 4.79 Å². The number of anilines is 1. The number of halogens is 1. The first-order valence-electron chi connectivity index (χ1n) is 7.39. The highest BCUT2D eigenvalue weighted by molar-refractivity contribution is 9.10. The fourth-order valence-electron chi connectivity index (χ4n) is 3.49. The van der Waals surface area contributed by atoms with Crippen molar-refractivity contribution in [1.82, 2.24) is 5.32 Å². The average molecular weight is 348 g/mol. The standard InChI is InChI=1S/C16H18BrN3O/c17-14-7-10(9-18)1-4-15(14)20-16(21)8-11-5-12-2-3-13(6-11)19-12/h1,4,7,11-13,19H,2-3,5-6,8H2,(H,20,21). The van der Waals surface area contributed by atoms with Crippen molar-refractivity contribution in [3.63, 3.8) is 0 Å². The highest BCUT2D eigenvalue weighted by Gasteiger charge is 2.34. The maximum absolute atomic E-state index is 12.2. The molecule has 21 heavy (non-hydrogen) atoms. The summed E-state index contributed by atoms with van der Waals surface area (Å²) >= 11 is 3.39. The van der Waals surface area contributed by atoms with E-state index < -0.39 is 0 Å². The molecule has 110 valence electrons. The van der Waals surface area contributed by atoms with Crippen LogP contribution >= 0.6 is 15.9 Å². The minimum absolute atomic E-state index is 0.0618. The van der Waals surface area contributed by atoms with Gasteiger partial charge in [0.15, 0.2) is 0 Å². The molecule has 5 heteroatoms. The molecular formula is C16H18BrN3O. The molecule has 1 aromatic rings. The first-order chi connectivity index (χ1) is 10.1. The van der Waals surface area contributed by atoms with E-state index in [-0.39, 0.29) is 5.91 Å². The van der Waals surface area contributed by atoms with Gasteiger partial charge in [0.05, 0.1) is 17.3 Å². The number of hydrogen-bond donors (Lipinski definition) is 2. The van der Waals surface area contributed by atoms with E-state index in [2.05, 4.69) is 32.6 Å². The van der Waals surface area contributed by atoms with Gasteiger partial charge in [0.25, 0.3) is 0 Å². The van der Waals surface area contributed by atoms with Crippen molar-refractivity contribution in [3.8, 4) is 6.07 Å². The fraction of sp³-hybridized carbons (Fsp3) is 0.500. The van der Waals surface area contributed by atoms with Crippen molar-refractivity contribution >= 4 is 27.5 Å². The number of rotatable bonds is 3. The van der Waals surface area contributed by atoms with Crippen molar-refractivity contribution in [3.05, 3.63) is 28.2 Å². The molecule has 2 heterocycles. The Kier molecular flexibility index (Phi) is 4.27. The monoisotopic (exact) mass is 347 g/mol. The molecule has 2 aliphatic heterocycles. The molecule has 2 bridgehead atoms. The molecule has 0 radical (unpaired) electrons. The molecule has 1 aromatic carbocycles. The lowest BCUT2D eigenvalue weighted by Gasteiger charge is -2.28. The number of carbonyl (C=O) groups is 1. The topological polar surface area (TPSA) is 64.9 Å². The fourth-order valence-corrected chi connectivity index (χ4v) is 3.97. The number of piperidine rings is 1. The highest BCUT2D eigenvalue weighted by Crippen LogP contribution is 2.33. The molecule has 2 saturated heterocycles. The van der Waals surface area contributed by atoms with Crippen molar-refractivity contribution in [2.75, 3.05) is 5.32 Å². The molecule has 0 spiro atoms. The van der Waals surface area contributed by atoms with Crippen LogP contribution in [-0.2, 0) is 4.79 Å². The van der Waals surface area contributed by atoms with Crippen LogP contribution in [0.15, 0.2) is 22.7 Å². The maximum Gasteiger partial charge on any atom is 0.224 e. The maximum atomic E-state index is 12.2. The molecule has 0 saturated carbocycles. The van der Waals surface area contributed by atoms with E-state index in [1.807, 2.05) is 0 Å². The number of hydrogen-bond acceptors (Lipinski definition) is 3. The van der Waals surface area contributed by atoms with Crippen LogP contribution in [0.3, 0.4) is 0 Å². The molecule has 2 unspecified atom stereocenters. The smallest absolute Gasteiger partial charge is 0.224 e. The third kappa shape index (κ3) is 3.45. The molecule has 2 fully saturated rings. The van der Waals surface area contributed by atoms with Crippen molar-refractivity contribution in [2.24, 2.45) is 5.92 Å². The van der Waals surface area contributed by atoms with Gasteiger partial charge in [-0.05, 0) is 65.7 Å². The van der Waals surface area contributed by atoms with E-state index in [0.29, 0.717) is 30.0 Å². The zero-order valence-electron chi connectivity index (χ0n) is 11.7. The van der Waals surface area contributed by atoms with Crippen molar-refractivity contribution < 1.29 is 4.79 Å². The lowest BCUT2D eigenvalue weighted by molar-refractivity contribution is -0.117. The zero-order chi connectivity index (χ0) is 14.8. The van der Waals surface area contributed by atoms with E-state index in [0.717, 1.165) is 23.0 Å². The molecule has 4 nitrogen and oxygen atoms in total. The number of nitriles is 1. The number of fused-ring (bicyclic) bond motifs is 2. The molecular weight excluding hydrogens is 330 g/mol. The minimum Gasteiger partial charge on any atom is -0.325 e. The summed E-state index contributed by atoms with van der Waals surface area (Å²) in [5, 5.41) is 15.4. The first kappa shape index (κ1) is 14.6. The summed E-state index contributed by atoms with van der Waals surface area (Å²) < 4.78 is 0.750. The third-order valence-corrected chi connectivity index (χ3v) is 5.07. The summed E-state index contributed by atoms with van der Waals surface area (Å²) in [6.45, 7) is 0. The Morgan fingerprint density at radius 1 is 1.38 bits per heavy atom. The van der Waals surface area contributed by atoms with Crippen LogP contribution in [0, 0.1) is 17.2 Å². The second kappa shape index (κ2) is 6.17. The summed E-state index contributed by atoms with van der Waals surface area (Å²) in [7, 11) is 0. The van der Waals surface area contributed by atoms with Gasteiger partial charge in [0.2, 0.25) is 5.91 Å². The average Bonchev–Trinajstić information content (AvgIpc) is 2.80. The number of nitrogens with zero attached hydrogens (tertiary/aromatic N) is 1. The van der Waals surface area contributed by atoms with E-state index >= 15 is 0 Å². The Labute approximate surface area is 133 Å². The Hall–Kier alpha value is -1.38. The molecule has 3 rings (SSSR count). The Morgan fingerprint density at radius 3 is 2.71 bits per heavy atom. The predicted molar refractivity (Wildman–Crippen MR) is 84.8 cm³/mol. The normalized spacial score (nSPS) is 27.1.